The number of ether oxygens (including phenoxy) is 1. The van der Waals surface area contributed by atoms with Crippen molar-refractivity contribution in [3.05, 3.63) is 105 Å². The minimum Gasteiger partial charge on any atom is -0.507 e. The van der Waals surface area contributed by atoms with Gasteiger partial charge in [-0.2, -0.15) is 0 Å². The molecule has 3 aromatic rings. The topological polar surface area (TPSA) is 110 Å². The summed E-state index contributed by atoms with van der Waals surface area (Å²) in [5, 5.41) is 22.2. The third-order valence-electron chi connectivity index (χ3n) is 5.54. The third kappa shape index (κ3) is 3.94. The highest BCUT2D eigenvalue weighted by atomic mass is 16.6. The minimum atomic E-state index is -0.962. The van der Waals surface area contributed by atoms with E-state index in [1.807, 2.05) is 19.1 Å². The highest BCUT2D eigenvalue weighted by molar-refractivity contribution is 6.51. The molecule has 0 saturated carbocycles. The number of nitrogens with zero attached hydrogens (tertiary/aromatic N) is 2. The van der Waals surface area contributed by atoms with Gasteiger partial charge < -0.3 is 9.84 Å². The summed E-state index contributed by atoms with van der Waals surface area (Å²) in [4.78, 5) is 38.1. The van der Waals surface area contributed by atoms with Crippen LogP contribution in [0.15, 0.2) is 78.4 Å². The van der Waals surface area contributed by atoms with Crippen molar-refractivity contribution in [3.63, 3.8) is 0 Å². The van der Waals surface area contributed by atoms with Crippen LogP contribution < -0.4 is 9.64 Å². The van der Waals surface area contributed by atoms with Gasteiger partial charge in [-0.1, -0.05) is 17.7 Å². The Morgan fingerprint density at radius 1 is 0.970 bits per heavy atom. The van der Waals surface area contributed by atoms with Crippen LogP contribution in [0.2, 0.25) is 0 Å². The Bertz CT molecular complexity index is 1260. The summed E-state index contributed by atoms with van der Waals surface area (Å²) in [6.45, 7) is 1.90. The average molecular weight is 444 g/mol. The Hall–Kier alpha value is -4.46. The lowest BCUT2D eigenvalue weighted by Gasteiger charge is -2.25. The zero-order valence-electron chi connectivity index (χ0n) is 17.9. The van der Waals surface area contributed by atoms with E-state index < -0.39 is 22.7 Å². The fourth-order valence-corrected chi connectivity index (χ4v) is 3.80. The highest BCUT2D eigenvalue weighted by Gasteiger charge is 2.47. The molecule has 3 aromatic carbocycles. The number of non-ortho nitro benzene ring substituents is 1. The molecule has 0 aliphatic carbocycles. The van der Waals surface area contributed by atoms with E-state index in [1.54, 1.807) is 36.4 Å². The van der Waals surface area contributed by atoms with Crippen molar-refractivity contribution in [2.75, 3.05) is 12.0 Å². The second-order valence-electron chi connectivity index (χ2n) is 7.58. The molecule has 0 bridgehead atoms. The predicted octanol–water partition coefficient (Wildman–Crippen LogP) is 4.54. The van der Waals surface area contributed by atoms with Crippen LogP contribution in [0.5, 0.6) is 5.75 Å². The summed E-state index contributed by atoms with van der Waals surface area (Å²) in [5.41, 5.74) is 2.01. The number of hydrogen-bond donors (Lipinski definition) is 1. The zero-order chi connectivity index (χ0) is 23.7. The first-order valence-corrected chi connectivity index (χ1v) is 10.1. The van der Waals surface area contributed by atoms with E-state index in [0.29, 0.717) is 22.6 Å². The Labute approximate surface area is 189 Å². The molecule has 166 valence electrons. The Morgan fingerprint density at radius 3 is 2.12 bits per heavy atom. The normalized spacial score (nSPS) is 17.3. The highest BCUT2D eigenvalue weighted by Crippen LogP contribution is 2.42. The number of aliphatic hydroxyl groups excluding tert-OH is 1. The lowest BCUT2D eigenvalue weighted by molar-refractivity contribution is -0.384. The van der Waals surface area contributed by atoms with Gasteiger partial charge in [0.1, 0.15) is 11.5 Å². The van der Waals surface area contributed by atoms with Gasteiger partial charge in [-0.05, 0) is 61.0 Å². The molecule has 1 saturated heterocycles. The van der Waals surface area contributed by atoms with Crippen molar-refractivity contribution in [2.45, 2.75) is 13.0 Å². The van der Waals surface area contributed by atoms with E-state index in [-0.39, 0.29) is 17.0 Å². The van der Waals surface area contributed by atoms with Crippen LogP contribution in [0.4, 0.5) is 11.4 Å². The van der Waals surface area contributed by atoms with Gasteiger partial charge >= 0.3 is 0 Å². The fraction of sp³-hybridized carbons (Fsp3) is 0.120. The summed E-state index contributed by atoms with van der Waals surface area (Å²) in [6, 6.07) is 18.1. The van der Waals surface area contributed by atoms with E-state index in [1.165, 1.54) is 36.3 Å². The van der Waals surface area contributed by atoms with Gasteiger partial charge in [0.25, 0.3) is 17.4 Å². The van der Waals surface area contributed by atoms with E-state index in [2.05, 4.69) is 0 Å². The smallest absolute Gasteiger partial charge is 0.300 e. The Kier molecular flexibility index (Phi) is 5.66. The first-order valence-electron chi connectivity index (χ1n) is 10.1. The molecule has 1 aliphatic rings. The summed E-state index contributed by atoms with van der Waals surface area (Å²) < 4.78 is 5.14. The lowest BCUT2D eigenvalue weighted by atomic mass is 9.95. The number of nitro benzene ring substituents is 1. The van der Waals surface area contributed by atoms with Crippen LogP contribution in [0, 0.1) is 17.0 Å². The number of carbonyl (C=O) groups is 2. The number of aliphatic hydroxyl groups is 1. The van der Waals surface area contributed by atoms with Crippen LogP contribution in [0.25, 0.3) is 5.76 Å². The SMILES string of the molecule is COc1ccc(C(O)=C2C(=O)C(=O)N(c3ccc(C)cc3)[C@@H]2c2ccc([N+](=O)[O-])cc2)cc1. The largest absolute Gasteiger partial charge is 0.507 e. The van der Waals surface area contributed by atoms with E-state index in [9.17, 15) is 24.8 Å². The van der Waals surface area contributed by atoms with Gasteiger partial charge in [-0.3, -0.25) is 24.6 Å². The maximum Gasteiger partial charge on any atom is 0.300 e. The first kappa shape index (κ1) is 21.8. The molecule has 0 unspecified atom stereocenters. The lowest BCUT2D eigenvalue weighted by Crippen LogP contribution is -2.29. The Morgan fingerprint density at radius 2 is 1.58 bits per heavy atom. The quantitative estimate of drug-likeness (QED) is 0.203. The number of aryl methyl sites for hydroxylation is 1. The fourth-order valence-electron chi connectivity index (χ4n) is 3.80. The number of carbonyl (C=O) groups excluding carboxylic acids is 2. The number of anilines is 1. The van der Waals surface area contributed by atoms with E-state index in [4.69, 9.17) is 4.74 Å². The molecule has 8 heteroatoms. The van der Waals surface area contributed by atoms with Crippen molar-refractivity contribution in [1.29, 1.82) is 0 Å². The van der Waals surface area contributed by atoms with Gasteiger partial charge in [-0.15, -0.1) is 0 Å². The van der Waals surface area contributed by atoms with Crippen LogP contribution >= 0.6 is 0 Å². The third-order valence-corrected chi connectivity index (χ3v) is 5.54. The maximum absolute atomic E-state index is 13.1. The van der Waals surface area contributed by atoms with Crippen molar-refractivity contribution in [1.82, 2.24) is 0 Å². The van der Waals surface area contributed by atoms with Gasteiger partial charge in [-0.25, -0.2) is 0 Å². The van der Waals surface area contributed by atoms with E-state index in [0.717, 1.165) is 5.56 Å². The Balaban J connectivity index is 1.91. The molecular formula is C25H20N2O6. The van der Waals surface area contributed by atoms with Gasteiger partial charge in [0, 0.05) is 23.4 Å². The number of Topliss-reactive ketones (excluding diaryl/α,β-unsaturated/α-hetero) is 1. The average Bonchev–Trinajstić information content (AvgIpc) is 3.09. The van der Waals surface area contributed by atoms with Gasteiger partial charge in [0.05, 0.1) is 23.6 Å². The molecule has 1 aliphatic heterocycles. The number of hydrogen-bond acceptors (Lipinski definition) is 6. The molecule has 1 N–H and O–H groups in total. The summed E-state index contributed by atoms with van der Waals surface area (Å²) >= 11 is 0. The van der Waals surface area contributed by atoms with Crippen molar-refractivity contribution in [3.8, 4) is 5.75 Å². The molecule has 33 heavy (non-hydrogen) atoms. The standard InChI is InChI=1S/C25H20N2O6/c1-15-3-9-18(10-4-15)26-22(16-5-11-19(12-6-16)27(31)32)21(24(29)25(26)30)23(28)17-7-13-20(33-2)14-8-17/h3-14,22,28H,1-2H3/t22-/m1/s1. The first-order chi connectivity index (χ1) is 15.8. The van der Waals surface area contributed by atoms with Crippen LogP contribution in [0.1, 0.15) is 22.7 Å². The second kappa shape index (κ2) is 8.58. The molecular weight excluding hydrogens is 424 g/mol. The summed E-state index contributed by atoms with van der Waals surface area (Å²) in [6.07, 6.45) is 0. The van der Waals surface area contributed by atoms with Crippen LogP contribution in [-0.4, -0.2) is 28.8 Å². The summed E-state index contributed by atoms with van der Waals surface area (Å²) in [5.74, 6) is -1.41. The number of nitro groups is 1. The van der Waals surface area contributed by atoms with Crippen LogP contribution in [0.3, 0.4) is 0 Å². The second-order valence-corrected chi connectivity index (χ2v) is 7.58. The van der Waals surface area contributed by atoms with E-state index >= 15 is 0 Å². The predicted molar refractivity (Wildman–Crippen MR) is 122 cm³/mol. The van der Waals surface area contributed by atoms with Gasteiger partial charge in [0.15, 0.2) is 0 Å². The number of benzene rings is 3. The molecule has 4 rings (SSSR count). The summed E-state index contributed by atoms with van der Waals surface area (Å²) in [7, 11) is 1.51. The van der Waals surface area contributed by atoms with Crippen molar-refractivity contribution < 1.29 is 24.4 Å². The number of rotatable bonds is 5. The molecule has 0 spiro atoms. The van der Waals surface area contributed by atoms with Crippen LogP contribution in [-0.2, 0) is 9.59 Å². The molecule has 8 nitrogen and oxygen atoms in total. The monoisotopic (exact) mass is 444 g/mol. The number of ketones is 1. The van der Waals surface area contributed by atoms with Gasteiger partial charge in [0.2, 0.25) is 0 Å². The molecule has 1 heterocycles. The molecule has 0 aromatic heterocycles. The zero-order valence-corrected chi connectivity index (χ0v) is 17.9. The molecule has 0 radical (unpaired) electrons. The van der Waals surface area contributed by atoms with Crippen molar-refractivity contribution in [2.24, 2.45) is 0 Å². The number of methoxy groups -OCH3 is 1. The maximum atomic E-state index is 13.1. The van der Waals surface area contributed by atoms with Crippen molar-refractivity contribution >= 4 is 28.8 Å². The minimum absolute atomic E-state index is 0.0976. The number of amides is 1. The molecule has 1 atom stereocenters. The molecule has 1 amide bonds. The molecule has 1 fully saturated rings.